The zero-order valence-electron chi connectivity index (χ0n) is 7.17. The van der Waals surface area contributed by atoms with Gasteiger partial charge in [-0.25, -0.2) is 8.78 Å². The molecule has 15 heavy (non-hydrogen) atoms. The lowest BCUT2D eigenvalue weighted by Gasteiger charge is -2.04. The first-order valence-corrected chi connectivity index (χ1v) is 4.84. The molecule has 0 aromatic carbocycles. The maximum Gasteiger partial charge on any atom is 0.332 e. The Balaban J connectivity index is 3.50. The van der Waals surface area contributed by atoms with E-state index < -0.39 is 28.0 Å². The summed E-state index contributed by atoms with van der Waals surface area (Å²) in [7, 11) is 0. The highest BCUT2D eigenvalue weighted by Crippen LogP contribution is 2.21. The van der Waals surface area contributed by atoms with Crippen LogP contribution in [0.4, 0.5) is 14.5 Å². The van der Waals surface area contributed by atoms with Crippen LogP contribution in [-0.4, -0.2) is 9.91 Å². The van der Waals surface area contributed by atoms with Crippen LogP contribution in [-0.2, 0) is 5.33 Å². The molecule has 0 fully saturated rings. The first kappa shape index (κ1) is 11.8. The van der Waals surface area contributed by atoms with E-state index in [0.29, 0.717) is 0 Å². The van der Waals surface area contributed by atoms with Gasteiger partial charge < -0.3 is 4.98 Å². The Kier molecular flexibility index (Phi) is 3.51. The molecule has 1 aromatic heterocycles. The van der Waals surface area contributed by atoms with Crippen LogP contribution < -0.4 is 5.43 Å². The van der Waals surface area contributed by atoms with Crippen molar-refractivity contribution in [3.05, 3.63) is 37.8 Å². The number of aromatic amines is 1. The third-order valence-corrected chi connectivity index (χ3v) is 2.29. The molecular formula is C7H5BrF2N2O3. The first-order chi connectivity index (χ1) is 6.99. The molecule has 1 aromatic rings. The van der Waals surface area contributed by atoms with Gasteiger partial charge in [0.15, 0.2) is 0 Å². The van der Waals surface area contributed by atoms with Gasteiger partial charge in [-0.1, -0.05) is 15.9 Å². The van der Waals surface area contributed by atoms with Crippen molar-refractivity contribution in [3.63, 3.8) is 0 Å². The van der Waals surface area contributed by atoms with Crippen LogP contribution in [0.2, 0.25) is 0 Å². The summed E-state index contributed by atoms with van der Waals surface area (Å²) < 4.78 is 24.9. The summed E-state index contributed by atoms with van der Waals surface area (Å²) in [5.41, 5.74) is -3.04. The summed E-state index contributed by atoms with van der Waals surface area (Å²) in [6, 6.07) is 0. The molecule has 0 aliphatic carbocycles. The zero-order valence-corrected chi connectivity index (χ0v) is 8.75. The minimum Gasteiger partial charge on any atom is -0.358 e. The fourth-order valence-corrected chi connectivity index (χ4v) is 1.51. The van der Waals surface area contributed by atoms with Gasteiger partial charge in [0, 0.05) is 11.0 Å². The van der Waals surface area contributed by atoms with Gasteiger partial charge in [-0.05, 0) is 0 Å². The summed E-state index contributed by atoms with van der Waals surface area (Å²) in [6.45, 7) is 0. The third kappa shape index (κ3) is 2.20. The maximum absolute atomic E-state index is 12.5. The summed E-state index contributed by atoms with van der Waals surface area (Å²) in [6.07, 6.45) is -2.23. The molecule has 0 atom stereocenters. The van der Waals surface area contributed by atoms with E-state index in [0.717, 1.165) is 6.20 Å². The van der Waals surface area contributed by atoms with E-state index in [1.165, 1.54) is 0 Å². The van der Waals surface area contributed by atoms with E-state index in [2.05, 4.69) is 20.9 Å². The van der Waals surface area contributed by atoms with Gasteiger partial charge in [-0.2, -0.15) is 0 Å². The Hall–Kier alpha value is -1.31. The Bertz CT molecular complexity index is 446. The van der Waals surface area contributed by atoms with E-state index in [1.807, 2.05) is 0 Å². The van der Waals surface area contributed by atoms with Gasteiger partial charge in [0.1, 0.15) is 0 Å². The SMILES string of the molecule is O=c1c([N+](=O)[O-])c[nH]c(CBr)c1C(F)F. The van der Waals surface area contributed by atoms with Crippen molar-refractivity contribution in [2.45, 2.75) is 11.8 Å². The zero-order chi connectivity index (χ0) is 11.6. The number of halogens is 3. The summed E-state index contributed by atoms with van der Waals surface area (Å²) in [4.78, 5) is 22.9. The van der Waals surface area contributed by atoms with Crippen LogP contribution in [0.1, 0.15) is 17.7 Å². The van der Waals surface area contributed by atoms with Crippen molar-refractivity contribution in [3.8, 4) is 0 Å². The van der Waals surface area contributed by atoms with Crippen molar-refractivity contribution in [1.82, 2.24) is 4.98 Å². The summed E-state index contributed by atoms with van der Waals surface area (Å²) in [5.74, 6) is 0. The molecule has 5 nitrogen and oxygen atoms in total. The molecule has 1 N–H and O–H groups in total. The van der Waals surface area contributed by atoms with Crippen molar-refractivity contribution >= 4 is 21.6 Å². The summed E-state index contributed by atoms with van der Waals surface area (Å²) in [5, 5.41) is 10.3. The van der Waals surface area contributed by atoms with E-state index in [4.69, 9.17) is 0 Å². The Morgan fingerprint density at radius 2 is 2.20 bits per heavy atom. The van der Waals surface area contributed by atoms with Crippen LogP contribution in [0, 0.1) is 10.1 Å². The molecule has 0 radical (unpaired) electrons. The topological polar surface area (TPSA) is 76.0 Å². The number of aromatic nitrogens is 1. The number of nitrogens with zero attached hydrogens (tertiary/aromatic N) is 1. The van der Waals surface area contributed by atoms with Gasteiger partial charge in [0.2, 0.25) is 0 Å². The minimum absolute atomic E-state index is 0.0000916. The smallest absolute Gasteiger partial charge is 0.332 e. The van der Waals surface area contributed by atoms with Gasteiger partial charge in [-0.3, -0.25) is 14.9 Å². The highest BCUT2D eigenvalue weighted by Gasteiger charge is 2.24. The number of hydrogen-bond acceptors (Lipinski definition) is 3. The molecule has 1 heterocycles. The van der Waals surface area contributed by atoms with Crippen molar-refractivity contribution in [1.29, 1.82) is 0 Å². The van der Waals surface area contributed by atoms with E-state index in [9.17, 15) is 23.7 Å². The minimum atomic E-state index is -3.04. The molecule has 0 saturated carbocycles. The molecule has 0 aliphatic rings. The van der Waals surface area contributed by atoms with E-state index in [1.54, 1.807) is 0 Å². The highest BCUT2D eigenvalue weighted by molar-refractivity contribution is 9.08. The number of alkyl halides is 3. The van der Waals surface area contributed by atoms with Crippen LogP contribution in [0.5, 0.6) is 0 Å². The van der Waals surface area contributed by atoms with Gasteiger partial charge in [0.25, 0.3) is 11.9 Å². The second-order valence-electron chi connectivity index (χ2n) is 2.59. The van der Waals surface area contributed by atoms with Gasteiger partial charge >= 0.3 is 5.69 Å². The average Bonchev–Trinajstić information content (AvgIpc) is 2.15. The number of rotatable bonds is 3. The third-order valence-electron chi connectivity index (χ3n) is 1.73. The molecule has 0 spiro atoms. The first-order valence-electron chi connectivity index (χ1n) is 3.72. The highest BCUT2D eigenvalue weighted by atomic mass is 79.9. The molecular weight excluding hydrogens is 278 g/mol. The second-order valence-corrected chi connectivity index (χ2v) is 3.15. The van der Waals surface area contributed by atoms with Crippen LogP contribution >= 0.6 is 15.9 Å². The number of pyridine rings is 1. The molecule has 0 saturated heterocycles. The molecule has 0 bridgehead atoms. The number of nitro groups is 1. The second kappa shape index (κ2) is 4.47. The standard InChI is InChI=1S/C7H5BrF2N2O3/c8-1-3-5(7(9)10)6(13)4(2-11-3)12(14)15/h2,7H,1H2,(H,11,13). The van der Waals surface area contributed by atoms with E-state index in [-0.39, 0.29) is 11.0 Å². The van der Waals surface area contributed by atoms with E-state index >= 15 is 0 Å². The average molecular weight is 283 g/mol. The van der Waals surface area contributed by atoms with Crippen LogP contribution in [0.3, 0.4) is 0 Å². The number of hydrogen-bond donors (Lipinski definition) is 1. The lowest BCUT2D eigenvalue weighted by atomic mass is 10.2. The molecule has 8 heteroatoms. The monoisotopic (exact) mass is 282 g/mol. The normalized spacial score (nSPS) is 10.7. The van der Waals surface area contributed by atoms with Gasteiger partial charge in [-0.15, -0.1) is 0 Å². The Morgan fingerprint density at radius 3 is 2.60 bits per heavy atom. The fraction of sp³-hybridized carbons (Fsp3) is 0.286. The predicted molar refractivity (Wildman–Crippen MR) is 51.3 cm³/mol. The number of nitrogens with one attached hydrogen (secondary N) is 1. The van der Waals surface area contributed by atoms with Crippen molar-refractivity contribution in [2.75, 3.05) is 0 Å². The maximum atomic E-state index is 12.5. The molecule has 0 amide bonds. The van der Waals surface area contributed by atoms with Crippen molar-refractivity contribution < 1.29 is 13.7 Å². The molecule has 0 unspecified atom stereocenters. The molecule has 82 valence electrons. The predicted octanol–water partition coefficient (Wildman–Crippen LogP) is 2.12. The lowest BCUT2D eigenvalue weighted by molar-refractivity contribution is -0.386. The Morgan fingerprint density at radius 1 is 1.60 bits per heavy atom. The Labute approximate surface area is 90.4 Å². The van der Waals surface area contributed by atoms with Gasteiger partial charge in [0.05, 0.1) is 16.7 Å². The number of H-pyrrole nitrogens is 1. The van der Waals surface area contributed by atoms with Crippen LogP contribution in [0.25, 0.3) is 0 Å². The fourth-order valence-electron chi connectivity index (χ4n) is 1.05. The quantitative estimate of drug-likeness (QED) is 0.524. The lowest BCUT2D eigenvalue weighted by Crippen LogP contribution is -2.17. The summed E-state index contributed by atoms with van der Waals surface area (Å²) >= 11 is 2.90. The van der Waals surface area contributed by atoms with Crippen molar-refractivity contribution in [2.24, 2.45) is 0 Å². The molecule has 0 aliphatic heterocycles. The van der Waals surface area contributed by atoms with Crippen LogP contribution in [0.15, 0.2) is 11.0 Å². The largest absolute Gasteiger partial charge is 0.358 e. The molecule has 1 rings (SSSR count).